The summed E-state index contributed by atoms with van der Waals surface area (Å²) in [6, 6.07) is 15.7. The van der Waals surface area contributed by atoms with Gasteiger partial charge < -0.3 is 19.3 Å². The summed E-state index contributed by atoms with van der Waals surface area (Å²) in [6.45, 7) is 1.63. The van der Waals surface area contributed by atoms with E-state index in [0.29, 0.717) is 11.5 Å². The number of thiazole rings is 1. The first-order valence-corrected chi connectivity index (χ1v) is 11.1. The third-order valence-corrected chi connectivity index (χ3v) is 5.96. The number of hydrogen-bond acceptors (Lipinski definition) is 7. The Morgan fingerprint density at radius 1 is 1.03 bits per heavy atom. The number of rotatable bonds is 9. The maximum Gasteiger partial charge on any atom is 0.341 e. The van der Waals surface area contributed by atoms with Crippen molar-refractivity contribution < 1.29 is 28.5 Å². The Balaban J connectivity index is 1.58. The van der Waals surface area contributed by atoms with E-state index in [0.717, 1.165) is 38.0 Å². The van der Waals surface area contributed by atoms with Gasteiger partial charge in [0.25, 0.3) is 0 Å². The minimum atomic E-state index is -1.04. The van der Waals surface area contributed by atoms with Crippen molar-refractivity contribution in [2.45, 2.75) is 13.5 Å². The lowest BCUT2D eigenvalue weighted by atomic mass is 10.1. The number of pyridine rings is 1. The second kappa shape index (κ2) is 10.3. The van der Waals surface area contributed by atoms with Gasteiger partial charge in [0.15, 0.2) is 6.61 Å². The van der Waals surface area contributed by atoms with E-state index in [1.54, 1.807) is 31.4 Å². The number of carboxylic acid groups (broad SMARTS) is 1. The molecule has 0 radical (unpaired) electrons. The van der Waals surface area contributed by atoms with E-state index in [1.807, 2.05) is 31.2 Å². The number of hydrogen-bond donors (Lipinski definition) is 1. The van der Waals surface area contributed by atoms with Crippen molar-refractivity contribution in [1.82, 2.24) is 9.97 Å². The lowest BCUT2D eigenvalue weighted by molar-refractivity contribution is -0.139. The summed E-state index contributed by atoms with van der Waals surface area (Å²) >= 11 is 1.44. The molecule has 4 aromatic rings. The van der Waals surface area contributed by atoms with Crippen LogP contribution in [0.4, 0.5) is 4.39 Å². The topological polar surface area (TPSA) is 90.8 Å². The number of methoxy groups -OCH3 is 1. The van der Waals surface area contributed by atoms with Crippen molar-refractivity contribution in [3.05, 3.63) is 77.3 Å². The molecule has 0 spiro atoms. The quantitative estimate of drug-likeness (QED) is 0.322. The van der Waals surface area contributed by atoms with Crippen LogP contribution in [0.5, 0.6) is 17.2 Å². The third-order valence-electron chi connectivity index (χ3n) is 4.88. The van der Waals surface area contributed by atoms with E-state index >= 15 is 0 Å². The van der Waals surface area contributed by atoms with Gasteiger partial charge in [-0.05, 0) is 67.1 Å². The summed E-state index contributed by atoms with van der Waals surface area (Å²) in [5.41, 5.74) is 3.15. The van der Waals surface area contributed by atoms with Crippen LogP contribution in [0.3, 0.4) is 0 Å². The minimum Gasteiger partial charge on any atom is -0.497 e. The summed E-state index contributed by atoms with van der Waals surface area (Å²) in [5.74, 6) is 0.235. The van der Waals surface area contributed by atoms with Crippen LogP contribution in [-0.4, -0.2) is 34.8 Å². The molecule has 2 aromatic carbocycles. The lowest BCUT2D eigenvalue weighted by Gasteiger charge is -2.09. The molecule has 0 amide bonds. The maximum absolute atomic E-state index is 13.4. The smallest absolute Gasteiger partial charge is 0.341 e. The van der Waals surface area contributed by atoms with Gasteiger partial charge in [-0.25, -0.2) is 14.8 Å². The number of carboxylic acids is 1. The molecule has 0 unspecified atom stereocenters. The summed E-state index contributed by atoms with van der Waals surface area (Å²) in [4.78, 5) is 20.1. The zero-order valence-electron chi connectivity index (χ0n) is 18.4. The van der Waals surface area contributed by atoms with Gasteiger partial charge in [0.05, 0.1) is 17.7 Å². The highest BCUT2D eigenvalue weighted by Crippen LogP contribution is 2.37. The van der Waals surface area contributed by atoms with E-state index in [2.05, 4.69) is 4.98 Å². The van der Waals surface area contributed by atoms with Gasteiger partial charge in [0.2, 0.25) is 5.95 Å². The molecule has 7 nitrogen and oxygen atoms in total. The number of benzene rings is 2. The van der Waals surface area contributed by atoms with Crippen molar-refractivity contribution in [3.63, 3.8) is 0 Å². The Bertz CT molecular complexity index is 1290. The molecule has 0 aliphatic carbocycles. The Labute approximate surface area is 199 Å². The van der Waals surface area contributed by atoms with Gasteiger partial charge in [-0.3, -0.25) is 0 Å². The molecule has 4 rings (SSSR count). The van der Waals surface area contributed by atoms with Crippen LogP contribution in [0.15, 0.2) is 60.8 Å². The first-order chi connectivity index (χ1) is 16.4. The molecule has 2 aromatic heterocycles. The monoisotopic (exact) mass is 480 g/mol. The van der Waals surface area contributed by atoms with Crippen molar-refractivity contribution >= 4 is 17.3 Å². The lowest BCUT2D eigenvalue weighted by Crippen LogP contribution is -2.10. The van der Waals surface area contributed by atoms with Gasteiger partial charge >= 0.3 is 5.97 Å². The number of carbonyl (C=O) groups is 1. The van der Waals surface area contributed by atoms with E-state index in [9.17, 15) is 9.18 Å². The number of aliphatic carboxylic acids is 1. The zero-order chi connectivity index (χ0) is 24.1. The Morgan fingerprint density at radius 3 is 2.41 bits per heavy atom. The maximum atomic E-state index is 13.4. The molecular weight excluding hydrogens is 459 g/mol. The summed E-state index contributed by atoms with van der Waals surface area (Å²) < 4.78 is 29.8. The molecule has 0 aliphatic heterocycles. The normalized spacial score (nSPS) is 10.7. The Morgan fingerprint density at radius 2 is 1.76 bits per heavy atom. The van der Waals surface area contributed by atoms with Crippen LogP contribution in [-0.2, 0) is 11.4 Å². The van der Waals surface area contributed by atoms with Crippen LogP contribution < -0.4 is 14.2 Å². The number of aryl methyl sites for hydroxylation is 1. The Hall–Kier alpha value is -3.98. The summed E-state index contributed by atoms with van der Waals surface area (Å²) in [5, 5.41) is 9.51. The molecule has 34 heavy (non-hydrogen) atoms. The van der Waals surface area contributed by atoms with Crippen molar-refractivity contribution in [1.29, 1.82) is 0 Å². The largest absolute Gasteiger partial charge is 0.497 e. The second-order valence-electron chi connectivity index (χ2n) is 7.28. The predicted molar refractivity (Wildman–Crippen MR) is 126 cm³/mol. The standard InChI is InChI=1S/C25H21FN2O5S/c1-15-11-19(8-9-20(15)33-14-23(29)30)32-13-22-28-24(16-3-6-18(31-2)7-4-16)25(34-22)17-5-10-21(26)27-12-17/h3-12H,13-14H2,1-2H3,(H,29,30). The van der Waals surface area contributed by atoms with E-state index in [4.69, 9.17) is 24.3 Å². The second-order valence-corrected chi connectivity index (χ2v) is 8.37. The molecule has 2 heterocycles. The summed E-state index contributed by atoms with van der Waals surface area (Å²) in [7, 11) is 1.61. The average Bonchev–Trinajstić information content (AvgIpc) is 3.27. The SMILES string of the molecule is COc1ccc(-c2nc(COc3ccc(OCC(=O)O)c(C)c3)sc2-c2ccc(F)nc2)cc1. The molecule has 0 atom stereocenters. The fraction of sp³-hybridized carbons (Fsp3) is 0.160. The van der Waals surface area contributed by atoms with Gasteiger partial charge in [0.1, 0.15) is 28.9 Å². The highest BCUT2D eigenvalue weighted by atomic mass is 32.1. The van der Waals surface area contributed by atoms with Crippen LogP contribution in [0, 0.1) is 12.9 Å². The molecular formula is C25H21FN2O5S. The van der Waals surface area contributed by atoms with Gasteiger partial charge in [0, 0.05) is 17.3 Å². The van der Waals surface area contributed by atoms with E-state index < -0.39 is 18.5 Å². The van der Waals surface area contributed by atoms with Crippen LogP contribution in [0.1, 0.15) is 10.6 Å². The van der Waals surface area contributed by atoms with E-state index in [-0.39, 0.29) is 6.61 Å². The highest BCUT2D eigenvalue weighted by molar-refractivity contribution is 7.15. The van der Waals surface area contributed by atoms with Gasteiger partial charge in [-0.2, -0.15) is 4.39 Å². The number of aromatic nitrogens is 2. The minimum absolute atomic E-state index is 0.219. The number of halogens is 1. The van der Waals surface area contributed by atoms with Crippen molar-refractivity contribution in [2.24, 2.45) is 0 Å². The molecule has 0 saturated carbocycles. The first-order valence-electron chi connectivity index (χ1n) is 10.3. The Kier molecular flexibility index (Phi) is 7.03. The van der Waals surface area contributed by atoms with Crippen molar-refractivity contribution in [2.75, 3.05) is 13.7 Å². The molecule has 0 bridgehead atoms. The van der Waals surface area contributed by atoms with Gasteiger partial charge in [-0.1, -0.05) is 0 Å². The number of ether oxygens (including phenoxy) is 3. The fourth-order valence-corrected chi connectivity index (χ4v) is 4.22. The van der Waals surface area contributed by atoms with Crippen molar-refractivity contribution in [3.8, 4) is 38.9 Å². The van der Waals surface area contributed by atoms with Gasteiger partial charge in [-0.15, -0.1) is 11.3 Å². The predicted octanol–water partition coefficient (Wildman–Crippen LogP) is 5.37. The van der Waals surface area contributed by atoms with Crippen LogP contribution in [0.25, 0.3) is 21.7 Å². The van der Waals surface area contributed by atoms with E-state index in [1.165, 1.54) is 23.6 Å². The first kappa shape index (κ1) is 23.2. The average molecular weight is 481 g/mol. The fourth-order valence-electron chi connectivity index (χ4n) is 3.23. The third kappa shape index (κ3) is 5.49. The molecule has 0 fully saturated rings. The number of nitrogens with zero attached hydrogens (tertiary/aromatic N) is 2. The molecule has 1 N–H and O–H groups in total. The highest BCUT2D eigenvalue weighted by Gasteiger charge is 2.16. The zero-order valence-corrected chi connectivity index (χ0v) is 19.3. The van der Waals surface area contributed by atoms with Crippen LogP contribution >= 0.6 is 11.3 Å². The molecule has 174 valence electrons. The summed E-state index contributed by atoms with van der Waals surface area (Å²) in [6.07, 6.45) is 1.49. The molecule has 0 saturated heterocycles. The molecule has 0 aliphatic rings. The van der Waals surface area contributed by atoms with Crippen LogP contribution in [0.2, 0.25) is 0 Å². The molecule has 9 heteroatoms.